The highest BCUT2D eigenvalue weighted by Crippen LogP contribution is 2.33. The van der Waals surface area contributed by atoms with Crippen molar-refractivity contribution in [3.63, 3.8) is 0 Å². The van der Waals surface area contributed by atoms with Gasteiger partial charge < -0.3 is 9.88 Å². The minimum absolute atomic E-state index is 0.0347. The Morgan fingerprint density at radius 1 is 1.30 bits per heavy atom. The number of hydrogen-bond donors (Lipinski definition) is 1. The number of nitrogens with one attached hydrogen (secondary N) is 1. The summed E-state index contributed by atoms with van der Waals surface area (Å²) in [5.41, 5.74) is 1.37. The Balaban J connectivity index is 1.74. The fraction of sp³-hybridized carbons (Fsp3) is 0.222. The van der Waals surface area contributed by atoms with Crippen molar-refractivity contribution in [2.24, 2.45) is 0 Å². The van der Waals surface area contributed by atoms with Crippen LogP contribution in [0, 0.1) is 0 Å². The van der Waals surface area contributed by atoms with E-state index in [1.807, 2.05) is 30.0 Å². The topological polar surface area (TPSA) is 53.2 Å². The van der Waals surface area contributed by atoms with E-state index in [2.05, 4.69) is 16.4 Å². The Hall–Kier alpha value is -2.40. The van der Waals surface area contributed by atoms with Crippen LogP contribution in [0.25, 0.3) is 10.8 Å². The van der Waals surface area contributed by atoms with Crippen LogP contribution >= 0.6 is 11.3 Å². The van der Waals surface area contributed by atoms with Crippen LogP contribution < -0.4 is 5.56 Å². The molecule has 5 heteroatoms. The smallest absolute Gasteiger partial charge is 0.270 e. The fourth-order valence-electron chi connectivity index (χ4n) is 3.27. The summed E-state index contributed by atoms with van der Waals surface area (Å²) in [7, 11) is 0. The van der Waals surface area contributed by atoms with Gasteiger partial charge in [0.05, 0.1) is 6.04 Å². The third-order valence-corrected chi connectivity index (χ3v) is 5.52. The van der Waals surface area contributed by atoms with Gasteiger partial charge in [0, 0.05) is 16.8 Å². The zero-order valence-electron chi connectivity index (χ0n) is 12.7. The van der Waals surface area contributed by atoms with Crippen molar-refractivity contribution >= 4 is 28.0 Å². The number of fused-ring (bicyclic) bond motifs is 2. The number of carbonyl (C=O) groups excluding carboxylic acids is 1. The van der Waals surface area contributed by atoms with E-state index in [-0.39, 0.29) is 17.5 Å². The van der Waals surface area contributed by atoms with E-state index in [0.717, 1.165) is 11.8 Å². The van der Waals surface area contributed by atoms with Gasteiger partial charge in [-0.25, -0.2) is 0 Å². The molecule has 1 atom stereocenters. The monoisotopic (exact) mass is 324 g/mol. The van der Waals surface area contributed by atoms with Crippen molar-refractivity contribution in [3.8, 4) is 0 Å². The van der Waals surface area contributed by atoms with Crippen LogP contribution in [0.5, 0.6) is 0 Å². The second kappa shape index (κ2) is 5.35. The number of benzene rings is 1. The minimum Gasteiger partial charge on any atom is -0.330 e. The van der Waals surface area contributed by atoms with Crippen LogP contribution in [0.1, 0.15) is 33.9 Å². The summed E-state index contributed by atoms with van der Waals surface area (Å²) in [6.45, 7) is 2.73. The maximum absolute atomic E-state index is 12.9. The molecule has 4 nitrogen and oxygen atoms in total. The van der Waals surface area contributed by atoms with Gasteiger partial charge in [-0.3, -0.25) is 9.59 Å². The number of H-pyrrole nitrogens is 1. The van der Waals surface area contributed by atoms with Crippen LogP contribution in [-0.4, -0.2) is 22.3 Å². The van der Waals surface area contributed by atoms with E-state index in [4.69, 9.17) is 0 Å². The van der Waals surface area contributed by atoms with E-state index in [1.165, 1.54) is 10.4 Å². The molecule has 1 aliphatic heterocycles. The molecule has 2 aromatic heterocycles. The van der Waals surface area contributed by atoms with Crippen molar-refractivity contribution in [1.82, 2.24) is 9.88 Å². The molecule has 4 rings (SSSR count). The van der Waals surface area contributed by atoms with E-state index in [1.54, 1.807) is 23.5 Å². The molecule has 0 saturated heterocycles. The molecule has 0 fully saturated rings. The Bertz CT molecular complexity index is 957. The van der Waals surface area contributed by atoms with Gasteiger partial charge in [0.25, 0.3) is 11.5 Å². The minimum atomic E-state index is -0.215. The van der Waals surface area contributed by atoms with Crippen molar-refractivity contribution in [2.75, 3.05) is 6.54 Å². The number of aromatic amines is 1. The second-order valence-electron chi connectivity index (χ2n) is 5.82. The van der Waals surface area contributed by atoms with E-state index in [9.17, 15) is 9.59 Å². The highest BCUT2D eigenvalue weighted by molar-refractivity contribution is 7.10. The number of rotatable bonds is 1. The molecular weight excluding hydrogens is 308 g/mol. The predicted molar refractivity (Wildman–Crippen MR) is 92.0 cm³/mol. The normalized spacial score (nSPS) is 17.3. The van der Waals surface area contributed by atoms with Gasteiger partial charge >= 0.3 is 0 Å². The van der Waals surface area contributed by atoms with Crippen LogP contribution in [0.3, 0.4) is 0 Å². The predicted octanol–water partition coefficient (Wildman–Crippen LogP) is 3.35. The summed E-state index contributed by atoms with van der Waals surface area (Å²) in [4.78, 5) is 31.0. The third kappa shape index (κ3) is 2.28. The average Bonchev–Trinajstić information content (AvgIpc) is 3.04. The maximum atomic E-state index is 12.9. The molecule has 1 aromatic carbocycles. The lowest BCUT2D eigenvalue weighted by molar-refractivity contribution is 0.0673. The molecule has 1 N–H and O–H groups in total. The average molecular weight is 324 g/mol. The van der Waals surface area contributed by atoms with E-state index < -0.39 is 0 Å². The lowest BCUT2D eigenvalue weighted by atomic mass is 10.0. The first-order valence-electron chi connectivity index (χ1n) is 7.64. The molecular formula is C18H16N2O2S. The first-order chi connectivity index (χ1) is 11.1. The van der Waals surface area contributed by atoms with Gasteiger partial charge in [0.15, 0.2) is 0 Å². The standard InChI is InChI=1S/C18H16N2O2S/c1-11-13-7-9-23-16(13)6-8-20(11)18(22)15-10-12-4-2-3-5-14(12)17(21)19-15/h2-5,7,9-11H,6,8H2,1H3,(H,19,21). The summed E-state index contributed by atoms with van der Waals surface area (Å²) in [5.74, 6) is -0.114. The van der Waals surface area contributed by atoms with Crippen molar-refractivity contribution in [3.05, 3.63) is 68.3 Å². The lowest BCUT2D eigenvalue weighted by Gasteiger charge is -2.33. The maximum Gasteiger partial charge on any atom is 0.270 e. The first kappa shape index (κ1) is 14.2. The summed E-state index contributed by atoms with van der Waals surface area (Å²) in [5, 5.41) is 3.48. The van der Waals surface area contributed by atoms with Crippen molar-refractivity contribution in [1.29, 1.82) is 0 Å². The molecule has 0 radical (unpaired) electrons. The zero-order valence-corrected chi connectivity index (χ0v) is 13.5. The molecule has 1 unspecified atom stereocenters. The number of carbonyl (C=O) groups is 1. The highest BCUT2D eigenvalue weighted by Gasteiger charge is 2.29. The molecule has 0 saturated carbocycles. The van der Waals surface area contributed by atoms with Crippen LogP contribution in [0.15, 0.2) is 46.6 Å². The Morgan fingerprint density at radius 3 is 3.00 bits per heavy atom. The molecule has 116 valence electrons. The number of hydrogen-bond acceptors (Lipinski definition) is 3. The first-order valence-corrected chi connectivity index (χ1v) is 8.52. The number of aromatic nitrogens is 1. The number of nitrogens with zero attached hydrogens (tertiary/aromatic N) is 1. The molecule has 0 spiro atoms. The highest BCUT2D eigenvalue weighted by atomic mass is 32.1. The Morgan fingerprint density at radius 2 is 2.13 bits per heavy atom. The number of thiophene rings is 1. The second-order valence-corrected chi connectivity index (χ2v) is 6.82. The van der Waals surface area contributed by atoms with Crippen LogP contribution in [0.2, 0.25) is 0 Å². The van der Waals surface area contributed by atoms with E-state index >= 15 is 0 Å². The van der Waals surface area contributed by atoms with Gasteiger partial charge in [-0.05, 0) is 47.9 Å². The molecule has 23 heavy (non-hydrogen) atoms. The molecule has 1 amide bonds. The molecule has 3 aromatic rings. The van der Waals surface area contributed by atoms with Crippen molar-refractivity contribution < 1.29 is 4.79 Å². The molecule has 1 aliphatic rings. The number of pyridine rings is 1. The Kier molecular flexibility index (Phi) is 3.31. The van der Waals surface area contributed by atoms with Gasteiger partial charge in [-0.2, -0.15) is 0 Å². The van der Waals surface area contributed by atoms with Crippen molar-refractivity contribution in [2.45, 2.75) is 19.4 Å². The van der Waals surface area contributed by atoms with Gasteiger partial charge in [-0.15, -0.1) is 11.3 Å². The zero-order chi connectivity index (χ0) is 16.0. The summed E-state index contributed by atoms with van der Waals surface area (Å²) in [6, 6.07) is 11.2. The van der Waals surface area contributed by atoms with Crippen LogP contribution in [0.4, 0.5) is 0 Å². The Labute approximate surface area is 137 Å². The SMILES string of the molecule is CC1c2ccsc2CCN1C(=O)c1cc2ccccc2c(=O)[nH]1. The quantitative estimate of drug-likeness (QED) is 0.746. The number of amides is 1. The molecule has 0 bridgehead atoms. The third-order valence-electron chi connectivity index (χ3n) is 4.52. The summed E-state index contributed by atoms with van der Waals surface area (Å²) < 4.78 is 0. The summed E-state index contributed by atoms with van der Waals surface area (Å²) in [6.07, 6.45) is 0.876. The van der Waals surface area contributed by atoms with Crippen LogP contribution in [-0.2, 0) is 6.42 Å². The molecule has 3 heterocycles. The fourth-order valence-corrected chi connectivity index (χ4v) is 4.23. The van der Waals surface area contributed by atoms with E-state index in [0.29, 0.717) is 17.6 Å². The molecule has 0 aliphatic carbocycles. The lowest BCUT2D eigenvalue weighted by Crippen LogP contribution is -2.39. The van der Waals surface area contributed by atoms with Gasteiger partial charge in [-0.1, -0.05) is 18.2 Å². The van der Waals surface area contributed by atoms with Gasteiger partial charge in [0.1, 0.15) is 5.69 Å². The van der Waals surface area contributed by atoms with Gasteiger partial charge in [0.2, 0.25) is 0 Å². The summed E-state index contributed by atoms with van der Waals surface area (Å²) >= 11 is 1.75. The largest absolute Gasteiger partial charge is 0.330 e.